The number of nitrogens with one attached hydrogen (secondary N) is 1. The van der Waals surface area contributed by atoms with E-state index in [9.17, 15) is 0 Å². The number of hydrogen-bond donors (Lipinski definition) is 2. The van der Waals surface area contributed by atoms with Gasteiger partial charge in [0.15, 0.2) is 0 Å². The number of thiazole rings is 1. The van der Waals surface area contributed by atoms with Crippen molar-refractivity contribution in [3.63, 3.8) is 0 Å². The maximum absolute atomic E-state index is 5.76. The molecule has 0 spiro atoms. The van der Waals surface area contributed by atoms with Crippen LogP contribution in [0.25, 0.3) is 0 Å². The van der Waals surface area contributed by atoms with E-state index in [1.807, 2.05) is 11.3 Å². The summed E-state index contributed by atoms with van der Waals surface area (Å²) in [7, 11) is 0. The normalized spacial score (nSPS) is 26.2. The van der Waals surface area contributed by atoms with Crippen molar-refractivity contribution >= 4 is 11.3 Å². The summed E-state index contributed by atoms with van der Waals surface area (Å²) in [5.41, 5.74) is 4.20. The lowest BCUT2D eigenvalue weighted by Crippen LogP contribution is -2.43. The Balaban J connectivity index is 1.96. The second kappa shape index (κ2) is 6.13. The van der Waals surface area contributed by atoms with Gasteiger partial charge in [-0.3, -0.25) is 11.3 Å². The standard InChI is InChI=1S/C14H25N3S/c1-9-4-6-12(7-5-9)13(17-15)8-14-16-10(2)11(3)18-14/h9,12-13,17H,4-8,15H2,1-3H3. The average Bonchev–Trinajstić information content (AvgIpc) is 2.67. The Morgan fingerprint density at radius 1 is 1.33 bits per heavy atom. The lowest BCUT2D eigenvalue weighted by molar-refractivity contribution is 0.229. The van der Waals surface area contributed by atoms with Gasteiger partial charge < -0.3 is 0 Å². The molecule has 0 aliphatic heterocycles. The third-order valence-electron chi connectivity index (χ3n) is 4.31. The van der Waals surface area contributed by atoms with Gasteiger partial charge in [-0.15, -0.1) is 11.3 Å². The van der Waals surface area contributed by atoms with Crippen LogP contribution in [0.3, 0.4) is 0 Å². The lowest BCUT2D eigenvalue weighted by Gasteiger charge is -2.32. The minimum atomic E-state index is 0.391. The highest BCUT2D eigenvalue weighted by Gasteiger charge is 2.26. The number of rotatable bonds is 4. The first-order valence-corrected chi connectivity index (χ1v) is 7.80. The van der Waals surface area contributed by atoms with Crippen molar-refractivity contribution in [3.8, 4) is 0 Å². The molecule has 1 atom stereocenters. The van der Waals surface area contributed by atoms with Crippen molar-refractivity contribution in [1.82, 2.24) is 10.4 Å². The van der Waals surface area contributed by atoms with E-state index < -0.39 is 0 Å². The zero-order valence-electron chi connectivity index (χ0n) is 11.7. The maximum atomic E-state index is 5.76. The first-order valence-electron chi connectivity index (χ1n) is 6.99. The summed E-state index contributed by atoms with van der Waals surface area (Å²) in [5.74, 6) is 7.37. The molecule has 1 saturated carbocycles. The largest absolute Gasteiger partial charge is 0.271 e. The molecule has 1 fully saturated rings. The summed E-state index contributed by atoms with van der Waals surface area (Å²) in [5, 5.41) is 1.23. The van der Waals surface area contributed by atoms with Gasteiger partial charge in [0.25, 0.3) is 0 Å². The topological polar surface area (TPSA) is 50.9 Å². The first-order chi connectivity index (χ1) is 8.60. The molecule has 0 saturated heterocycles. The minimum Gasteiger partial charge on any atom is -0.271 e. The molecule has 1 aromatic heterocycles. The van der Waals surface area contributed by atoms with Crippen molar-refractivity contribution in [3.05, 3.63) is 15.6 Å². The van der Waals surface area contributed by atoms with E-state index in [0.717, 1.165) is 18.3 Å². The van der Waals surface area contributed by atoms with Crippen LogP contribution in [-0.4, -0.2) is 11.0 Å². The molecule has 4 heteroatoms. The van der Waals surface area contributed by atoms with Crippen LogP contribution >= 0.6 is 11.3 Å². The first kappa shape index (κ1) is 14.0. The quantitative estimate of drug-likeness (QED) is 0.651. The fourth-order valence-electron chi connectivity index (χ4n) is 2.86. The SMILES string of the molecule is Cc1nc(CC(NN)C2CCC(C)CC2)sc1C. The van der Waals surface area contributed by atoms with Crippen LogP contribution in [0.5, 0.6) is 0 Å². The number of nitrogens with zero attached hydrogens (tertiary/aromatic N) is 1. The molecule has 0 bridgehead atoms. The molecular weight excluding hydrogens is 242 g/mol. The van der Waals surface area contributed by atoms with Crippen LogP contribution in [0.1, 0.15) is 48.2 Å². The zero-order chi connectivity index (χ0) is 13.1. The number of aromatic nitrogens is 1. The summed E-state index contributed by atoms with van der Waals surface area (Å²) >= 11 is 1.82. The van der Waals surface area contributed by atoms with Crippen molar-refractivity contribution < 1.29 is 0 Å². The summed E-state index contributed by atoms with van der Waals surface area (Å²) in [4.78, 5) is 5.96. The summed E-state index contributed by atoms with van der Waals surface area (Å²) in [6.07, 6.45) is 6.28. The van der Waals surface area contributed by atoms with E-state index >= 15 is 0 Å². The van der Waals surface area contributed by atoms with Crippen LogP contribution < -0.4 is 11.3 Å². The van der Waals surface area contributed by atoms with Crippen molar-refractivity contribution in [1.29, 1.82) is 0 Å². The molecule has 1 aliphatic rings. The fourth-order valence-corrected chi connectivity index (χ4v) is 3.86. The van der Waals surface area contributed by atoms with Gasteiger partial charge in [-0.05, 0) is 38.5 Å². The van der Waals surface area contributed by atoms with E-state index in [0.29, 0.717) is 6.04 Å². The third-order valence-corrected chi connectivity index (χ3v) is 5.41. The fraction of sp³-hybridized carbons (Fsp3) is 0.786. The predicted molar refractivity (Wildman–Crippen MR) is 77.5 cm³/mol. The molecule has 3 nitrogen and oxygen atoms in total. The molecule has 0 radical (unpaired) electrons. The monoisotopic (exact) mass is 267 g/mol. The number of hydrazine groups is 1. The Bertz CT molecular complexity index is 361. The van der Waals surface area contributed by atoms with E-state index in [2.05, 4.69) is 31.2 Å². The number of aryl methyl sites for hydroxylation is 2. The van der Waals surface area contributed by atoms with Crippen LogP contribution in [-0.2, 0) is 6.42 Å². The number of nitrogens with two attached hydrogens (primary N) is 1. The third kappa shape index (κ3) is 3.31. The molecular formula is C14H25N3S. The molecule has 2 rings (SSSR count). The Morgan fingerprint density at radius 3 is 2.50 bits per heavy atom. The van der Waals surface area contributed by atoms with Crippen molar-refractivity contribution in [2.45, 2.75) is 58.9 Å². The van der Waals surface area contributed by atoms with E-state index in [-0.39, 0.29) is 0 Å². The van der Waals surface area contributed by atoms with Gasteiger partial charge in [0.05, 0.1) is 10.7 Å². The zero-order valence-corrected chi connectivity index (χ0v) is 12.5. The molecule has 3 N–H and O–H groups in total. The highest BCUT2D eigenvalue weighted by Crippen LogP contribution is 2.32. The van der Waals surface area contributed by atoms with Gasteiger partial charge in [0, 0.05) is 17.3 Å². The van der Waals surface area contributed by atoms with Gasteiger partial charge in [-0.1, -0.05) is 19.8 Å². The maximum Gasteiger partial charge on any atom is 0.0947 e. The molecule has 0 amide bonds. The minimum absolute atomic E-state index is 0.391. The smallest absolute Gasteiger partial charge is 0.0947 e. The second-order valence-corrected chi connectivity index (χ2v) is 7.03. The van der Waals surface area contributed by atoms with E-state index in [1.54, 1.807) is 0 Å². The average molecular weight is 267 g/mol. The molecule has 1 unspecified atom stereocenters. The Labute approximate surface area is 114 Å². The van der Waals surface area contributed by atoms with Gasteiger partial charge in [0.1, 0.15) is 0 Å². The predicted octanol–water partition coefficient (Wildman–Crippen LogP) is 2.96. The van der Waals surface area contributed by atoms with Gasteiger partial charge in [-0.25, -0.2) is 4.98 Å². The second-order valence-electron chi connectivity index (χ2n) is 5.75. The van der Waals surface area contributed by atoms with Crippen molar-refractivity contribution in [2.75, 3.05) is 0 Å². The van der Waals surface area contributed by atoms with E-state index in [4.69, 9.17) is 5.84 Å². The summed E-state index contributed by atoms with van der Waals surface area (Å²) < 4.78 is 0. The Hall–Kier alpha value is -0.450. The molecule has 102 valence electrons. The summed E-state index contributed by atoms with van der Waals surface area (Å²) in [6.45, 7) is 6.58. The van der Waals surface area contributed by atoms with E-state index in [1.165, 1.54) is 41.3 Å². The molecule has 18 heavy (non-hydrogen) atoms. The van der Waals surface area contributed by atoms with Gasteiger partial charge >= 0.3 is 0 Å². The highest BCUT2D eigenvalue weighted by atomic mass is 32.1. The molecule has 1 aliphatic carbocycles. The molecule has 1 heterocycles. The Morgan fingerprint density at radius 2 is 2.00 bits per heavy atom. The van der Waals surface area contributed by atoms with Gasteiger partial charge in [0.2, 0.25) is 0 Å². The van der Waals surface area contributed by atoms with Crippen molar-refractivity contribution in [2.24, 2.45) is 17.7 Å². The summed E-state index contributed by atoms with van der Waals surface area (Å²) in [6, 6.07) is 0.391. The van der Waals surface area contributed by atoms with Crippen LogP contribution in [0, 0.1) is 25.7 Å². The highest BCUT2D eigenvalue weighted by molar-refractivity contribution is 7.11. The Kier molecular flexibility index (Phi) is 4.76. The van der Waals surface area contributed by atoms with Crippen LogP contribution in [0.4, 0.5) is 0 Å². The van der Waals surface area contributed by atoms with Gasteiger partial charge in [-0.2, -0.15) is 0 Å². The van der Waals surface area contributed by atoms with Crippen LogP contribution in [0.15, 0.2) is 0 Å². The van der Waals surface area contributed by atoms with Crippen LogP contribution in [0.2, 0.25) is 0 Å². The molecule has 1 aromatic rings. The lowest BCUT2D eigenvalue weighted by atomic mass is 9.78. The molecule has 0 aromatic carbocycles. The number of hydrogen-bond acceptors (Lipinski definition) is 4.